The first-order valence-corrected chi connectivity index (χ1v) is 9.51. The van der Waals surface area contributed by atoms with Crippen LogP contribution in [0.4, 0.5) is 18.9 Å². The van der Waals surface area contributed by atoms with Gasteiger partial charge in [0.05, 0.1) is 18.7 Å². The number of aromatic nitrogens is 1. The van der Waals surface area contributed by atoms with E-state index in [2.05, 4.69) is 9.88 Å². The number of benzene rings is 1. The van der Waals surface area contributed by atoms with Gasteiger partial charge in [-0.05, 0) is 37.1 Å². The zero-order valence-corrected chi connectivity index (χ0v) is 15.2. The second kappa shape index (κ2) is 6.88. The minimum absolute atomic E-state index is 0.0259. The predicted molar refractivity (Wildman–Crippen MR) is 94.1 cm³/mol. The van der Waals surface area contributed by atoms with Crippen molar-refractivity contribution in [1.82, 2.24) is 9.88 Å². The van der Waals surface area contributed by atoms with Crippen molar-refractivity contribution in [2.75, 3.05) is 24.5 Å². The highest BCUT2D eigenvalue weighted by Crippen LogP contribution is 2.40. The fraction of sp³-hybridized carbons (Fsp3) is 0.444. The largest absolute Gasteiger partial charge is 0.437 e. The molecule has 1 aromatic heterocycles. The van der Waals surface area contributed by atoms with Crippen molar-refractivity contribution in [3.63, 3.8) is 0 Å². The van der Waals surface area contributed by atoms with Crippen molar-refractivity contribution < 1.29 is 22.7 Å². The predicted octanol–water partition coefficient (Wildman–Crippen LogP) is 3.27. The summed E-state index contributed by atoms with van der Waals surface area (Å²) < 4.78 is 46.9. The number of nitrogens with zero attached hydrogens (tertiary/aromatic N) is 3. The van der Waals surface area contributed by atoms with E-state index < -0.39 is 23.4 Å². The number of hydrogen-bond acceptors (Lipinski definition) is 5. The van der Waals surface area contributed by atoms with Crippen LogP contribution in [0.25, 0.3) is 0 Å². The molecule has 0 saturated carbocycles. The maximum atomic E-state index is 14.3. The summed E-state index contributed by atoms with van der Waals surface area (Å²) in [5.74, 6) is -1.90. The summed E-state index contributed by atoms with van der Waals surface area (Å²) in [5, 5.41) is 2.88. The zero-order valence-electron chi connectivity index (χ0n) is 14.4. The van der Waals surface area contributed by atoms with E-state index in [1.54, 1.807) is 17.5 Å². The van der Waals surface area contributed by atoms with E-state index in [4.69, 9.17) is 4.74 Å². The normalized spacial score (nSPS) is 22.3. The molecule has 0 aliphatic carbocycles. The van der Waals surface area contributed by atoms with Crippen LogP contribution < -0.4 is 4.90 Å². The SMILES string of the molecule is O=C1N(c2ccc(F)cc2)CC2(CCN(Cc3nccs3)CC2)OC1(F)F. The van der Waals surface area contributed by atoms with Crippen LogP contribution in [-0.4, -0.2) is 47.1 Å². The molecular weight excluding hydrogens is 379 g/mol. The Balaban J connectivity index is 1.51. The molecule has 3 heterocycles. The van der Waals surface area contributed by atoms with Gasteiger partial charge in [0.25, 0.3) is 0 Å². The molecule has 0 bridgehead atoms. The van der Waals surface area contributed by atoms with Gasteiger partial charge in [-0.1, -0.05) is 0 Å². The van der Waals surface area contributed by atoms with Crippen LogP contribution in [0.1, 0.15) is 17.8 Å². The lowest BCUT2D eigenvalue weighted by Gasteiger charge is -2.48. The van der Waals surface area contributed by atoms with Gasteiger partial charge in [-0.3, -0.25) is 9.69 Å². The molecule has 1 amide bonds. The molecule has 1 spiro atoms. The van der Waals surface area contributed by atoms with Crippen LogP contribution >= 0.6 is 11.3 Å². The summed E-state index contributed by atoms with van der Waals surface area (Å²) >= 11 is 1.55. The average molecular weight is 397 g/mol. The summed E-state index contributed by atoms with van der Waals surface area (Å²) in [7, 11) is 0. The van der Waals surface area contributed by atoms with Gasteiger partial charge in [-0.25, -0.2) is 9.37 Å². The maximum Gasteiger partial charge on any atom is 0.437 e. The van der Waals surface area contributed by atoms with Gasteiger partial charge in [0, 0.05) is 30.4 Å². The van der Waals surface area contributed by atoms with E-state index in [0.717, 1.165) is 22.0 Å². The highest BCUT2D eigenvalue weighted by atomic mass is 32.1. The van der Waals surface area contributed by atoms with Crippen LogP contribution in [0.3, 0.4) is 0 Å². The topological polar surface area (TPSA) is 45.7 Å². The molecule has 1 aromatic carbocycles. The van der Waals surface area contributed by atoms with Gasteiger partial charge in [0.1, 0.15) is 10.8 Å². The molecule has 2 aliphatic rings. The summed E-state index contributed by atoms with van der Waals surface area (Å²) in [6.45, 7) is 1.84. The number of alkyl halides is 2. The second-order valence-corrected chi connectivity index (χ2v) is 7.85. The van der Waals surface area contributed by atoms with Crippen LogP contribution in [0.15, 0.2) is 35.8 Å². The van der Waals surface area contributed by atoms with E-state index in [1.165, 1.54) is 12.1 Å². The Bertz CT molecular complexity index is 806. The Morgan fingerprint density at radius 1 is 1.19 bits per heavy atom. The Morgan fingerprint density at radius 3 is 2.52 bits per heavy atom. The summed E-state index contributed by atoms with van der Waals surface area (Å²) in [6, 6.07) is 4.97. The Hall–Kier alpha value is -1.97. The Kier molecular flexibility index (Phi) is 4.69. The number of likely N-dealkylation sites (tertiary alicyclic amines) is 1. The number of anilines is 1. The van der Waals surface area contributed by atoms with E-state index in [0.29, 0.717) is 32.5 Å². The molecule has 2 fully saturated rings. The molecule has 5 nitrogen and oxygen atoms in total. The Labute approximate surface area is 158 Å². The number of amides is 1. The number of halogens is 3. The first kappa shape index (κ1) is 18.4. The molecule has 2 aromatic rings. The quantitative estimate of drug-likeness (QED) is 0.798. The van der Waals surface area contributed by atoms with Crippen molar-refractivity contribution in [3.05, 3.63) is 46.7 Å². The van der Waals surface area contributed by atoms with Crippen LogP contribution in [-0.2, 0) is 16.1 Å². The molecule has 2 aliphatic heterocycles. The van der Waals surface area contributed by atoms with Gasteiger partial charge in [-0.2, -0.15) is 8.78 Å². The fourth-order valence-electron chi connectivity index (χ4n) is 3.60. The van der Waals surface area contributed by atoms with Gasteiger partial charge >= 0.3 is 12.0 Å². The number of piperidine rings is 1. The Morgan fingerprint density at radius 2 is 1.89 bits per heavy atom. The minimum atomic E-state index is -3.90. The third-order valence-electron chi connectivity index (χ3n) is 5.03. The molecule has 0 unspecified atom stereocenters. The van der Waals surface area contributed by atoms with Crippen LogP contribution in [0.2, 0.25) is 0 Å². The number of thiazole rings is 1. The standard InChI is InChI=1S/C18H18F3N3O2S/c19-13-1-3-14(4-2-13)24-12-17(26-18(20,21)16(24)25)5-8-23(9-6-17)11-15-22-7-10-27-15/h1-4,7,10H,5-6,8-9,11-12H2. The van der Waals surface area contributed by atoms with Crippen molar-refractivity contribution in [1.29, 1.82) is 0 Å². The van der Waals surface area contributed by atoms with Crippen molar-refractivity contribution in [3.8, 4) is 0 Å². The number of ether oxygens (including phenoxy) is 1. The average Bonchev–Trinajstić information content (AvgIpc) is 3.14. The van der Waals surface area contributed by atoms with Crippen molar-refractivity contribution in [2.24, 2.45) is 0 Å². The summed E-state index contributed by atoms with van der Waals surface area (Å²) in [4.78, 5) is 19.6. The third-order valence-corrected chi connectivity index (χ3v) is 5.80. The summed E-state index contributed by atoms with van der Waals surface area (Å²) in [6.07, 6.45) is -1.41. The maximum absolute atomic E-state index is 14.3. The number of rotatable bonds is 3. The molecule has 0 radical (unpaired) electrons. The lowest BCUT2D eigenvalue weighted by molar-refractivity contribution is -0.293. The first-order valence-electron chi connectivity index (χ1n) is 8.63. The lowest BCUT2D eigenvalue weighted by Crippen LogP contribution is -2.64. The monoisotopic (exact) mass is 397 g/mol. The molecular formula is C18H18F3N3O2S. The molecule has 0 N–H and O–H groups in total. The molecule has 144 valence electrons. The fourth-order valence-corrected chi connectivity index (χ4v) is 4.25. The van der Waals surface area contributed by atoms with Gasteiger partial charge in [0.2, 0.25) is 0 Å². The first-order chi connectivity index (χ1) is 12.9. The highest BCUT2D eigenvalue weighted by molar-refractivity contribution is 7.09. The smallest absolute Gasteiger partial charge is 0.304 e. The highest BCUT2D eigenvalue weighted by Gasteiger charge is 2.57. The van der Waals surface area contributed by atoms with Gasteiger partial charge in [0.15, 0.2) is 0 Å². The van der Waals surface area contributed by atoms with Crippen LogP contribution in [0, 0.1) is 5.82 Å². The number of carbonyl (C=O) groups is 1. The third kappa shape index (κ3) is 3.71. The zero-order chi connectivity index (χ0) is 19.1. The number of hydrogen-bond donors (Lipinski definition) is 0. The van der Waals surface area contributed by atoms with E-state index in [9.17, 15) is 18.0 Å². The molecule has 0 atom stereocenters. The van der Waals surface area contributed by atoms with Crippen molar-refractivity contribution in [2.45, 2.75) is 31.1 Å². The number of morpholine rings is 1. The van der Waals surface area contributed by atoms with Gasteiger partial charge in [-0.15, -0.1) is 11.3 Å². The summed E-state index contributed by atoms with van der Waals surface area (Å²) in [5.41, 5.74) is -0.875. The van der Waals surface area contributed by atoms with Crippen LogP contribution in [0.5, 0.6) is 0 Å². The minimum Gasteiger partial charge on any atom is -0.304 e. The molecule has 9 heteroatoms. The molecule has 2 saturated heterocycles. The van der Waals surface area contributed by atoms with Crippen molar-refractivity contribution >= 4 is 22.9 Å². The van der Waals surface area contributed by atoms with E-state index in [-0.39, 0.29) is 12.2 Å². The number of carbonyl (C=O) groups excluding carboxylic acids is 1. The lowest BCUT2D eigenvalue weighted by atomic mass is 9.88. The van der Waals surface area contributed by atoms with Gasteiger partial charge < -0.3 is 9.64 Å². The van der Waals surface area contributed by atoms with E-state index in [1.807, 2.05) is 5.38 Å². The van der Waals surface area contributed by atoms with E-state index >= 15 is 0 Å². The molecule has 27 heavy (non-hydrogen) atoms. The molecule has 4 rings (SSSR count). The second-order valence-electron chi connectivity index (χ2n) is 6.87.